The van der Waals surface area contributed by atoms with E-state index >= 15 is 0 Å². The molecule has 0 atom stereocenters. The summed E-state index contributed by atoms with van der Waals surface area (Å²) in [5, 5.41) is 3.36. The van der Waals surface area contributed by atoms with Crippen LogP contribution in [-0.4, -0.2) is 7.11 Å². The van der Waals surface area contributed by atoms with Crippen molar-refractivity contribution in [1.82, 2.24) is 5.32 Å². The molecule has 0 aromatic heterocycles. The van der Waals surface area contributed by atoms with Crippen LogP contribution in [0.2, 0.25) is 0 Å². The third kappa shape index (κ3) is 1.63. The Morgan fingerprint density at radius 2 is 2.06 bits per heavy atom. The summed E-state index contributed by atoms with van der Waals surface area (Å²) < 4.78 is 5.09. The minimum Gasteiger partial charge on any atom is -0.502 e. The van der Waals surface area contributed by atoms with Crippen LogP contribution in [0.1, 0.15) is 18.1 Å². The van der Waals surface area contributed by atoms with Gasteiger partial charge in [0.1, 0.15) is 12.0 Å². The molecule has 0 aliphatic carbocycles. The smallest absolute Gasteiger partial charge is 0.109 e. The average Bonchev–Trinajstić information content (AvgIpc) is 2.84. The number of hydrogen-bond acceptors (Lipinski definition) is 3. The van der Waals surface area contributed by atoms with Crippen LogP contribution in [0, 0.1) is 0 Å². The van der Waals surface area contributed by atoms with Crippen molar-refractivity contribution in [1.29, 1.82) is 0 Å². The SMILES string of the molecule is C/C=C1\C(=C/OC)N1c1ccc2c(c1)CNC2. The lowest BCUT2D eigenvalue weighted by Crippen LogP contribution is -1.99. The van der Waals surface area contributed by atoms with Crippen molar-refractivity contribution in [3.63, 3.8) is 0 Å². The molecule has 3 rings (SSSR count). The van der Waals surface area contributed by atoms with Gasteiger partial charge in [0.2, 0.25) is 0 Å². The van der Waals surface area contributed by atoms with E-state index in [2.05, 4.69) is 34.5 Å². The molecule has 1 saturated heterocycles. The number of anilines is 1. The molecule has 1 aromatic carbocycles. The minimum absolute atomic E-state index is 0.978. The van der Waals surface area contributed by atoms with E-state index in [0.29, 0.717) is 0 Å². The lowest BCUT2D eigenvalue weighted by atomic mass is 10.1. The van der Waals surface area contributed by atoms with Crippen molar-refractivity contribution < 1.29 is 4.74 Å². The second-order valence-electron chi connectivity index (χ2n) is 4.30. The third-order valence-electron chi connectivity index (χ3n) is 3.28. The molecule has 1 N–H and O–H groups in total. The molecule has 0 unspecified atom stereocenters. The first-order chi connectivity index (χ1) is 8.35. The molecule has 3 heteroatoms. The largest absolute Gasteiger partial charge is 0.502 e. The Kier molecular flexibility index (Phi) is 2.41. The van der Waals surface area contributed by atoms with Crippen molar-refractivity contribution in [3.8, 4) is 0 Å². The number of nitrogens with one attached hydrogen (secondary N) is 1. The molecule has 0 radical (unpaired) electrons. The van der Waals surface area contributed by atoms with Gasteiger partial charge in [0.25, 0.3) is 0 Å². The van der Waals surface area contributed by atoms with Gasteiger partial charge in [-0.1, -0.05) is 12.1 Å². The highest BCUT2D eigenvalue weighted by Gasteiger charge is 2.35. The summed E-state index contributed by atoms with van der Waals surface area (Å²) in [7, 11) is 1.68. The highest BCUT2D eigenvalue weighted by atomic mass is 16.5. The zero-order chi connectivity index (χ0) is 11.8. The zero-order valence-electron chi connectivity index (χ0n) is 10.2. The summed E-state index contributed by atoms with van der Waals surface area (Å²) in [6.07, 6.45) is 3.90. The van der Waals surface area contributed by atoms with Crippen LogP contribution in [0.5, 0.6) is 0 Å². The van der Waals surface area contributed by atoms with Crippen LogP contribution >= 0.6 is 0 Å². The van der Waals surface area contributed by atoms with Gasteiger partial charge >= 0.3 is 0 Å². The molecule has 1 fully saturated rings. The molecule has 0 bridgehead atoms. The first kappa shape index (κ1) is 10.4. The van der Waals surface area contributed by atoms with Gasteiger partial charge in [-0.15, -0.1) is 0 Å². The monoisotopic (exact) mass is 228 g/mol. The summed E-state index contributed by atoms with van der Waals surface area (Å²) in [5.41, 5.74) is 6.43. The maximum absolute atomic E-state index is 5.09. The summed E-state index contributed by atoms with van der Waals surface area (Å²) in [6, 6.07) is 6.64. The van der Waals surface area contributed by atoms with Gasteiger partial charge in [0, 0.05) is 18.8 Å². The van der Waals surface area contributed by atoms with Gasteiger partial charge in [0.15, 0.2) is 0 Å². The van der Waals surface area contributed by atoms with E-state index in [4.69, 9.17) is 4.74 Å². The molecule has 0 spiro atoms. The number of hydrogen-bond donors (Lipinski definition) is 1. The van der Waals surface area contributed by atoms with Crippen molar-refractivity contribution in [2.45, 2.75) is 20.0 Å². The highest BCUT2D eigenvalue weighted by molar-refractivity contribution is 5.78. The zero-order valence-corrected chi connectivity index (χ0v) is 10.2. The molecule has 2 heterocycles. The van der Waals surface area contributed by atoms with Gasteiger partial charge in [0.05, 0.1) is 12.8 Å². The minimum atomic E-state index is 0.978. The van der Waals surface area contributed by atoms with E-state index in [0.717, 1.165) is 18.8 Å². The lowest BCUT2D eigenvalue weighted by molar-refractivity contribution is 0.336. The number of benzene rings is 1. The Hall–Kier alpha value is -1.74. The molecular formula is C14H16N2O. The quantitative estimate of drug-likeness (QED) is 0.621. The topological polar surface area (TPSA) is 24.3 Å². The van der Waals surface area contributed by atoms with Crippen LogP contribution in [-0.2, 0) is 17.8 Å². The number of allylic oxidation sites excluding steroid dienone is 1. The van der Waals surface area contributed by atoms with Crippen LogP contribution in [0.15, 0.2) is 41.9 Å². The highest BCUT2D eigenvalue weighted by Crippen LogP contribution is 2.43. The maximum Gasteiger partial charge on any atom is 0.109 e. The third-order valence-corrected chi connectivity index (χ3v) is 3.28. The number of methoxy groups -OCH3 is 1. The predicted molar refractivity (Wildman–Crippen MR) is 68.3 cm³/mol. The maximum atomic E-state index is 5.09. The molecule has 1 aromatic rings. The van der Waals surface area contributed by atoms with Gasteiger partial charge in [-0.05, 0) is 30.2 Å². The van der Waals surface area contributed by atoms with E-state index in [1.54, 1.807) is 13.4 Å². The van der Waals surface area contributed by atoms with Gasteiger partial charge in [-0.3, -0.25) is 0 Å². The van der Waals surface area contributed by atoms with E-state index in [1.807, 2.05) is 6.92 Å². The van der Waals surface area contributed by atoms with Crippen LogP contribution in [0.3, 0.4) is 0 Å². The summed E-state index contributed by atoms with van der Waals surface area (Å²) in [6.45, 7) is 4.02. The number of fused-ring (bicyclic) bond motifs is 1. The normalized spacial score (nSPS) is 22.1. The second-order valence-corrected chi connectivity index (χ2v) is 4.30. The fraction of sp³-hybridized carbons (Fsp3) is 0.286. The summed E-state index contributed by atoms with van der Waals surface area (Å²) >= 11 is 0. The molecule has 17 heavy (non-hydrogen) atoms. The Morgan fingerprint density at radius 3 is 2.82 bits per heavy atom. The molecule has 88 valence electrons. The van der Waals surface area contributed by atoms with Crippen molar-refractivity contribution in [2.24, 2.45) is 0 Å². The van der Waals surface area contributed by atoms with Gasteiger partial charge in [-0.2, -0.15) is 0 Å². The fourth-order valence-electron chi connectivity index (χ4n) is 2.39. The molecule has 3 nitrogen and oxygen atoms in total. The van der Waals surface area contributed by atoms with Crippen molar-refractivity contribution in [3.05, 3.63) is 53.1 Å². The first-order valence-corrected chi connectivity index (χ1v) is 5.87. The first-order valence-electron chi connectivity index (χ1n) is 5.87. The van der Waals surface area contributed by atoms with E-state index < -0.39 is 0 Å². The van der Waals surface area contributed by atoms with Gasteiger partial charge in [-0.25, -0.2) is 0 Å². The van der Waals surface area contributed by atoms with E-state index in [1.165, 1.54) is 22.5 Å². The van der Waals surface area contributed by atoms with E-state index in [9.17, 15) is 0 Å². The van der Waals surface area contributed by atoms with Crippen LogP contribution < -0.4 is 10.2 Å². The van der Waals surface area contributed by atoms with E-state index in [-0.39, 0.29) is 0 Å². The molecule has 2 aliphatic rings. The summed E-state index contributed by atoms with van der Waals surface area (Å²) in [4.78, 5) is 2.21. The Morgan fingerprint density at radius 1 is 1.24 bits per heavy atom. The Bertz CT molecular complexity index is 517. The average molecular weight is 228 g/mol. The number of ether oxygens (including phenoxy) is 1. The molecule has 2 aliphatic heterocycles. The van der Waals surface area contributed by atoms with Crippen LogP contribution in [0.4, 0.5) is 5.69 Å². The van der Waals surface area contributed by atoms with Crippen molar-refractivity contribution >= 4 is 5.69 Å². The standard InChI is InChI=1S/C14H16N2O/c1-3-13-14(9-17-2)16(13)12-5-4-10-7-15-8-11(10)6-12/h3-6,9,15H,7-8H2,1-2H3/b13-3+,14-9+. The Labute approximate surface area is 101 Å². The van der Waals surface area contributed by atoms with Crippen molar-refractivity contribution in [2.75, 3.05) is 12.0 Å². The summed E-state index contributed by atoms with van der Waals surface area (Å²) in [5.74, 6) is 0. The molecule has 0 saturated carbocycles. The number of nitrogens with zero attached hydrogens (tertiary/aromatic N) is 1. The molecular weight excluding hydrogens is 212 g/mol. The van der Waals surface area contributed by atoms with Crippen LogP contribution in [0.25, 0.3) is 0 Å². The second kappa shape index (κ2) is 3.93. The fourth-order valence-corrected chi connectivity index (χ4v) is 2.39. The van der Waals surface area contributed by atoms with Gasteiger partial charge < -0.3 is 15.0 Å². The lowest BCUT2D eigenvalue weighted by Gasteiger charge is -2.04. The predicted octanol–water partition coefficient (Wildman–Crippen LogP) is 2.50. The number of rotatable bonds is 2. The molecule has 0 amide bonds. The Balaban J connectivity index is 1.94.